The summed E-state index contributed by atoms with van der Waals surface area (Å²) in [5.41, 5.74) is 0.605. The second-order valence-corrected chi connectivity index (χ2v) is 4.68. The van der Waals surface area contributed by atoms with Gasteiger partial charge in [-0.2, -0.15) is 0 Å². The van der Waals surface area contributed by atoms with Crippen LogP contribution in [0.3, 0.4) is 0 Å². The molecule has 5 heteroatoms. The van der Waals surface area contributed by atoms with Crippen LogP contribution in [0.5, 0.6) is 0 Å². The number of carbonyl (C=O) groups excluding carboxylic acids is 1. The van der Waals surface area contributed by atoms with Gasteiger partial charge in [0.2, 0.25) is 0 Å². The quantitative estimate of drug-likeness (QED) is 0.739. The molecular formula is C11H15N3O2. The third kappa shape index (κ3) is 1.43. The molecule has 0 aromatic carbocycles. The highest BCUT2D eigenvalue weighted by Gasteiger charge is 2.38. The van der Waals surface area contributed by atoms with Crippen molar-refractivity contribution in [2.24, 2.45) is 11.8 Å². The smallest absolute Gasteiger partial charge is 0.259 e. The topological polar surface area (TPSA) is 58.4 Å². The van der Waals surface area contributed by atoms with Gasteiger partial charge in [-0.05, 0) is 18.8 Å². The number of amides is 1. The van der Waals surface area contributed by atoms with Crippen LogP contribution in [0.1, 0.15) is 16.1 Å². The maximum Gasteiger partial charge on any atom is 0.259 e. The highest BCUT2D eigenvalue weighted by Crippen LogP contribution is 2.27. The fourth-order valence-corrected chi connectivity index (χ4v) is 2.70. The molecule has 2 aliphatic rings. The molecule has 1 aromatic rings. The maximum atomic E-state index is 12.2. The van der Waals surface area contributed by atoms with Gasteiger partial charge in [0.25, 0.3) is 5.91 Å². The monoisotopic (exact) mass is 221 g/mol. The van der Waals surface area contributed by atoms with E-state index >= 15 is 0 Å². The number of hydrogen-bond donors (Lipinski definition) is 1. The van der Waals surface area contributed by atoms with Crippen molar-refractivity contribution < 1.29 is 9.32 Å². The largest absolute Gasteiger partial charge is 0.361 e. The summed E-state index contributed by atoms with van der Waals surface area (Å²) in [5.74, 6) is 1.93. The zero-order valence-electron chi connectivity index (χ0n) is 9.27. The van der Waals surface area contributed by atoms with Crippen LogP contribution in [-0.4, -0.2) is 42.1 Å². The molecule has 3 heterocycles. The second kappa shape index (κ2) is 3.59. The van der Waals surface area contributed by atoms with E-state index in [0.29, 0.717) is 23.2 Å². The third-order valence-corrected chi connectivity index (χ3v) is 3.66. The first-order chi connectivity index (χ1) is 7.75. The predicted octanol–water partition coefficient (Wildman–Crippen LogP) is 0.274. The first kappa shape index (κ1) is 9.84. The Hall–Kier alpha value is -1.36. The number of aromatic nitrogens is 1. The van der Waals surface area contributed by atoms with E-state index in [1.165, 1.54) is 6.20 Å². The summed E-state index contributed by atoms with van der Waals surface area (Å²) in [6, 6.07) is 0. The SMILES string of the molecule is Cc1oncc1C(=O)N1CC2CNCC2C1. The van der Waals surface area contributed by atoms with Crippen molar-refractivity contribution in [3.63, 3.8) is 0 Å². The van der Waals surface area contributed by atoms with Gasteiger partial charge >= 0.3 is 0 Å². The molecule has 0 radical (unpaired) electrons. The molecule has 2 unspecified atom stereocenters. The summed E-state index contributed by atoms with van der Waals surface area (Å²) in [5, 5.41) is 7.01. The average Bonchev–Trinajstić information content (AvgIpc) is 2.89. The van der Waals surface area contributed by atoms with E-state index < -0.39 is 0 Å². The molecule has 1 aromatic heterocycles. The Kier molecular flexibility index (Phi) is 2.21. The summed E-state index contributed by atoms with van der Waals surface area (Å²) in [6.07, 6.45) is 1.52. The van der Waals surface area contributed by atoms with Crippen molar-refractivity contribution >= 4 is 5.91 Å². The van der Waals surface area contributed by atoms with Gasteiger partial charge < -0.3 is 14.7 Å². The molecule has 5 nitrogen and oxygen atoms in total. The van der Waals surface area contributed by atoms with E-state index in [9.17, 15) is 4.79 Å². The third-order valence-electron chi connectivity index (χ3n) is 3.66. The first-order valence-corrected chi connectivity index (χ1v) is 5.67. The van der Waals surface area contributed by atoms with Crippen LogP contribution in [-0.2, 0) is 0 Å². The standard InChI is InChI=1S/C11H15N3O2/c1-7-10(4-13-16-7)11(15)14-5-8-2-12-3-9(8)6-14/h4,8-9,12H,2-3,5-6H2,1H3. The van der Waals surface area contributed by atoms with Gasteiger partial charge in [-0.3, -0.25) is 4.79 Å². The van der Waals surface area contributed by atoms with E-state index in [-0.39, 0.29) is 5.91 Å². The maximum absolute atomic E-state index is 12.2. The van der Waals surface area contributed by atoms with E-state index in [2.05, 4.69) is 10.5 Å². The molecule has 1 amide bonds. The Morgan fingerprint density at radius 1 is 1.50 bits per heavy atom. The lowest BCUT2D eigenvalue weighted by Crippen LogP contribution is -2.31. The predicted molar refractivity (Wildman–Crippen MR) is 57.0 cm³/mol. The van der Waals surface area contributed by atoms with Gasteiger partial charge in [0, 0.05) is 26.2 Å². The first-order valence-electron chi connectivity index (χ1n) is 5.67. The average molecular weight is 221 g/mol. The van der Waals surface area contributed by atoms with Crippen molar-refractivity contribution in [2.75, 3.05) is 26.2 Å². The number of nitrogens with one attached hydrogen (secondary N) is 1. The lowest BCUT2D eigenvalue weighted by molar-refractivity contribution is 0.0780. The Balaban J connectivity index is 1.75. The van der Waals surface area contributed by atoms with Gasteiger partial charge in [-0.15, -0.1) is 0 Å². The highest BCUT2D eigenvalue weighted by molar-refractivity contribution is 5.95. The molecule has 0 saturated carbocycles. The Labute approximate surface area is 93.8 Å². The fourth-order valence-electron chi connectivity index (χ4n) is 2.70. The summed E-state index contributed by atoms with van der Waals surface area (Å²) in [4.78, 5) is 14.1. The lowest BCUT2D eigenvalue weighted by Gasteiger charge is -2.16. The molecule has 1 N–H and O–H groups in total. The van der Waals surface area contributed by atoms with Crippen LogP contribution < -0.4 is 5.32 Å². The minimum atomic E-state index is 0.0631. The van der Waals surface area contributed by atoms with Gasteiger partial charge in [0.05, 0.1) is 6.20 Å². The van der Waals surface area contributed by atoms with Crippen molar-refractivity contribution in [3.8, 4) is 0 Å². The van der Waals surface area contributed by atoms with E-state index in [1.54, 1.807) is 6.92 Å². The van der Waals surface area contributed by atoms with E-state index in [0.717, 1.165) is 26.2 Å². The molecule has 0 bridgehead atoms. The Morgan fingerprint density at radius 3 is 2.75 bits per heavy atom. The van der Waals surface area contributed by atoms with Crippen LogP contribution in [0.25, 0.3) is 0 Å². The Bertz CT molecular complexity index is 403. The number of hydrogen-bond acceptors (Lipinski definition) is 4. The normalized spacial score (nSPS) is 28.4. The Morgan fingerprint density at radius 2 is 2.19 bits per heavy atom. The van der Waals surface area contributed by atoms with Crippen LogP contribution in [0.4, 0.5) is 0 Å². The molecular weight excluding hydrogens is 206 g/mol. The molecule has 16 heavy (non-hydrogen) atoms. The summed E-state index contributed by atoms with van der Waals surface area (Å²) >= 11 is 0. The molecule has 2 aliphatic heterocycles. The molecule has 2 saturated heterocycles. The van der Waals surface area contributed by atoms with Gasteiger partial charge in [0.1, 0.15) is 11.3 Å². The number of nitrogens with zero attached hydrogens (tertiary/aromatic N) is 2. The van der Waals surface area contributed by atoms with Crippen molar-refractivity contribution in [2.45, 2.75) is 6.92 Å². The van der Waals surface area contributed by atoms with Crippen molar-refractivity contribution in [3.05, 3.63) is 17.5 Å². The molecule has 0 spiro atoms. The molecule has 0 aliphatic carbocycles. The highest BCUT2D eigenvalue weighted by atomic mass is 16.5. The summed E-state index contributed by atoms with van der Waals surface area (Å²) in [7, 11) is 0. The number of aryl methyl sites for hydroxylation is 1. The van der Waals surface area contributed by atoms with Crippen LogP contribution >= 0.6 is 0 Å². The molecule has 3 rings (SSSR count). The summed E-state index contributed by atoms with van der Waals surface area (Å²) in [6.45, 7) is 5.58. The van der Waals surface area contributed by atoms with E-state index in [4.69, 9.17) is 4.52 Å². The van der Waals surface area contributed by atoms with Crippen molar-refractivity contribution in [1.29, 1.82) is 0 Å². The molecule has 2 atom stereocenters. The fraction of sp³-hybridized carbons (Fsp3) is 0.636. The van der Waals surface area contributed by atoms with E-state index in [1.807, 2.05) is 4.90 Å². The lowest BCUT2D eigenvalue weighted by atomic mass is 10.0. The minimum Gasteiger partial charge on any atom is -0.361 e. The van der Waals surface area contributed by atoms with Crippen LogP contribution in [0, 0.1) is 18.8 Å². The summed E-state index contributed by atoms with van der Waals surface area (Å²) < 4.78 is 4.93. The second-order valence-electron chi connectivity index (χ2n) is 4.68. The number of fused-ring (bicyclic) bond motifs is 1. The molecule has 86 valence electrons. The zero-order chi connectivity index (χ0) is 11.1. The van der Waals surface area contributed by atoms with Gasteiger partial charge in [-0.25, -0.2) is 0 Å². The van der Waals surface area contributed by atoms with Crippen LogP contribution in [0.2, 0.25) is 0 Å². The van der Waals surface area contributed by atoms with Crippen molar-refractivity contribution in [1.82, 2.24) is 15.4 Å². The molecule has 2 fully saturated rings. The number of likely N-dealkylation sites (tertiary alicyclic amines) is 1. The van der Waals surface area contributed by atoms with Crippen LogP contribution in [0.15, 0.2) is 10.7 Å². The van der Waals surface area contributed by atoms with Gasteiger partial charge in [0.15, 0.2) is 0 Å². The number of carbonyl (C=O) groups is 1. The minimum absolute atomic E-state index is 0.0631. The van der Waals surface area contributed by atoms with Gasteiger partial charge in [-0.1, -0.05) is 5.16 Å². The number of rotatable bonds is 1. The zero-order valence-corrected chi connectivity index (χ0v) is 9.27.